The van der Waals surface area contributed by atoms with Crippen LogP contribution in [0.25, 0.3) is 0 Å². The minimum Gasteiger partial charge on any atom is -0.510 e. The largest absolute Gasteiger partial charge is 0.510 e. The molecular formula is C8H13FO. The van der Waals surface area contributed by atoms with Gasteiger partial charge in [-0.1, -0.05) is 13.8 Å². The third-order valence-corrected chi connectivity index (χ3v) is 1.98. The molecule has 0 radical (unpaired) electrons. The molecule has 0 saturated carbocycles. The van der Waals surface area contributed by atoms with Crippen molar-refractivity contribution in [2.24, 2.45) is 11.8 Å². The zero-order valence-corrected chi connectivity index (χ0v) is 6.34. The predicted octanol–water partition coefficient (Wildman–Crippen LogP) is 2.44. The van der Waals surface area contributed by atoms with Crippen LogP contribution in [0.2, 0.25) is 0 Å². The lowest BCUT2D eigenvalue weighted by Gasteiger charge is -2.24. The number of aliphatic hydroxyl groups is 1. The van der Waals surface area contributed by atoms with Crippen LogP contribution in [0.1, 0.15) is 20.3 Å². The van der Waals surface area contributed by atoms with Gasteiger partial charge in [-0.25, -0.2) is 4.39 Å². The second-order valence-electron chi connectivity index (χ2n) is 3.18. The Morgan fingerprint density at radius 2 is 2.20 bits per heavy atom. The van der Waals surface area contributed by atoms with E-state index in [1.54, 1.807) is 6.08 Å². The Kier molecular flexibility index (Phi) is 1.97. The molecule has 58 valence electrons. The highest BCUT2D eigenvalue weighted by molar-refractivity contribution is 5.06. The van der Waals surface area contributed by atoms with Gasteiger partial charge < -0.3 is 5.11 Å². The van der Waals surface area contributed by atoms with Crippen LogP contribution in [0.3, 0.4) is 0 Å². The number of hydrogen-bond acceptors (Lipinski definition) is 1. The van der Waals surface area contributed by atoms with Crippen LogP contribution < -0.4 is 0 Å². The molecule has 0 aromatic carbocycles. The average molecular weight is 144 g/mol. The topological polar surface area (TPSA) is 20.2 Å². The van der Waals surface area contributed by atoms with E-state index >= 15 is 0 Å². The van der Waals surface area contributed by atoms with E-state index in [-0.39, 0.29) is 11.7 Å². The maximum absolute atomic E-state index is 12.8. The minimum atomic E-state index is -1.13. The number of halogens is 1. The van der Waals surface area contributed by atoms with Crippen molar-refractivity contribution in [1.29, 1.82) is 0 Å². The van der Waals surface area contributed by atoms with E-state index in [0.29, 0.717) is 5.92 Å². The lowest BCUT2D eigenvalue weighted by molar-refractivity contribution is 0.168. The molecule has 0 amide bonds. The lowest BCUT2D eigenvalue weighted by atomic mass is 9.87. The Hall–Kier alpha value is -0.530. The highest BCUT2D eigenvalue weighted by Gasteiger charge is 2.26. The number of rotatable bonds is 0. The van der Waals surface area contributed by atoms with E-state index in [0.717, 1.165) is 6.42 Å². The van der Waals surface area contributed by atoms with Crippen molar-refractivity contribution < 1.29 is 9.50 Å². The second kappa shape index (κ2) is 2.60. The van der Waals surface area contributed by atoms with Crippen LogP contribution in [0.5, 0.6) is 0 Å². The molecule has 3 atom stereocenters. The summed E-state index contributed by atoms with van der Waals surface area (Å²) in [6, 6.07) is 0. The Balaban J connectivity index is 2.71. The first kappa shape index (κ1) is 7.58. The third-order valence-electron chi connectivity index (χ3n) is 1.98. The standard InChI is InChI=1S/C8H13FO/c1-5-3-6(2)8(9)7(10)4-5/h4-6,8,10H,3H2,1-2H3. The molecule has 0 fully saturated rings. The van der Waals surface area contributed by atoms with Gasteiger partial charge in [0.1, 0.15) is 5.76 Å². The van der Waals surface area contributed by atoms with Gasteiger partial charge in [-0.2, -0.15) is 0 Å². The van der Waals surface area contributed by atoms with E-state index in [4.69, 9.17) is 5.11 Å². The van der Waals surface area contributed by atoms with Gasteiger partial charge in [-0.3, -0.25) is 0 Å². The molecule has 1 aliphatic carbocycles. The Morgan fingerprint density at radius 1 is 1.60 bits per heavy atom. The maximum Gasteiger partial charge on any atom is 0.159 e. The monoisotopic (exact) mass is 144 g/mol. The van der Waals surface area contributed by atoms with E-state index in [1.807, 2.05) is 13.8 Å². The fourth-order valence-electron chi connectivity index (χ4n) is 1.45. The fraction of sp³-hybridized carbons (Fsp3) is 0.750. The molecule has 1 aliphatic rings. The predicted molar refractivity (Wildman–Crippen MR) is 38.6 cm³/mol. The highest BCUT2D eigenvalue weighted by atomic mass is 19.1. The molecule has 0 aromatic rings. The number of alkyl halides is 1. The maximum atomic E-state index is 12.8. The summed E-state index contributed by atoms with van der Waals surface area (Å²) in [5.41, 5.74) is 0. The molecule has 1 nitrogen and oxygen atoms in total. The van der Waals surface area contributed by atoms with Crippen molar-refractivity contribution in [3.8, 4) is 0 Å². The minimum absolute atomic E-state index is 0.0278. The van der Waals surface area contributed by atoms with Gasteiger partial charge in [-0.05, 0) is 24.3 Å². The van der Waals surface area contributed by atoms with E-state index in [2.05, 4.69) is 0 Å². The number of hydrogen-bond donors (Lipinski definition) is 1. The normalized spacial score (nSPS) is 41.1. The Labute approximate surface area is 60.6 Å². The van der Waals surface area contributed by atoms with Crippen LogP contribution in [0.4, 0.5) is 4.39 Å². The van der Waals surface area contributed by atoms with Gasteiger partial charge >= 0.3 is 0 Å². The van der Waals surface area contributed by atoms with Crippen LogP contribution in [-0.2, 0) is 0 Å². The van der Waals surface area contributed by atoms with Crippen molar-refractivity contribution in [2.75, 3.05) is 0 Å². The van der Waals surface area contributed by atoms with Crippen LogP contribution in [-0.4, -0.2) is 11.3 Å². The summed E-state index contributed by atoms with van der Waals surface area (Å²) in [6.07, 6.45) is 1.31. The first-order valence-electron chi connectivity index (χ1n) is 3.66. The quantitative estimate of drug-likeness (QED) is 0.553. The zero-order valence-electron chi connectivity index (χ0n) is 6.34. The SMILES string of the molecule is CC1C=C(O)C(F)C(C)C1. The van der Waals surface area contributed by atoms with E-state index in [9.17, 15) is 4.39 Å². The molecule has 3 unspecified atom stereocenters. The van der Waals surface area contributed by atoms with E-state index < -0.39 is 6.17 Å². The molecule has 0 heterocycles. The molecule has 10 heavy (non-hydrogen) atoms. The molecule has 0 bridgehead atoms. The number of aliphatic hydroxyl groups excluding tert-OH is 1. The summed E-state index contributed by atoms with van der Waals surface area (Å²) in [4.78, 5) is 0. The fourth-order valence-corrected chi connectivity index (χ4v) is 1.45. The van der Waals surface area contributed by atoms with Crippen molar-refractivity contribution in [3.63, 3.8) is 0 Å². The molecule has 2 heteroatoms. The van der Waals surface area contributed by atoms with Gasteiger partial charge in [0.2, 0.25) is 0 Å². The summed E-state index contributed by atoms with van der Waals surface area (Å²) in [7, 11) is 0. The van der Waals surface area contributed by atoms with Crippen LogP contribution in [0, 0.1) is 11.8 Å². The van der Waals surface area contributed by atoms with Gasteiger partial charge in [0.15, 0.2) is 6.17 Å². The zero-order chi connectivity index (χ0) is 7.72. The van der Waals surface area contributed by atoms with Gasteiger partial charge in [0.25, 0.3) is 0 Å². The highest BCUT2D eigenvalue weighted by Crippen LogP contribution is 2.28. The van der Waals surface area contributed by atoms with Gasteiger partial charge in [-0.15, -0.1) is 0 Å². The second-order valence-corrected chi connectivity index (χ2v) is 3.18. The smallest absolute Gasteiger partial charge is 0.159 e. The summed E-state index contributed by atoms with van der Waals surface area (Å²) < 4.78 is 12.8. The molecule has 0 spiro atoms. The number of allylic oxidation sites excluding steroid dienone is 2. The molecular weight excluding hydrogens is 131 g/mol. The van der Waals surface area contributed by atoms with Crippen molar-refractivity contribution >= 4 is 0 Å². The molecule has 0 saturated heterocycles. The summed E-state index contributed by atoms with van der Waals surface area (Å²) in [6.45, 7) is 3.81. The molecule has 1 N–H and O–H groups in total. The van der Waals surface area contributed by atoms with Gasteiger partial charge in [0.05, 0.1) is 0 Å². The summed E-state index contributed by atoms with van der Waals surface area (Å²) in [5, 5.41) is 9.00. The first-order valence-corrected chi connectivity index (χ1v) is 3.66. The Bertz CT molecular complexity index is 153. The average Bonchev–Trinajstić information content (AvgIpc) is 1.82. The van der Waals surface area contributed by atoms with Crippen molar-refractivity contribution in [3.05, 3.63) is 11.8 Å². The summed E-state index contributed by atoms with van der Waals surface area (Å²) >= 11 is 0. The summed E-state index contributed by atoms with van der Waals surface area (Å²) in [5.74, 6) is 0.216. The lowest BCUT2D eigenvalue weighted by Crippen LogP contribution is -2.22. The molecule has 1 rings (SSSR count). The Morgan fingerprint density at radius 3 is 2.70 bits per heavy atom. The van der Waals surface area contributed by atoms with Crippen LogP contribution in [0.15, 0.2) is 11.8 Å². The van der Waals surface area contributed by atoms with Crippen LogP contribution >= 0.6 is 0 Å². The third kappa shape index (κ3) is 1.31. The van der Waals surface area contributed by atoms with Crippen molar-refractivity contribution in [1.82, 2.24) is 0 Å². The molecule has 0 aromatic heterocycles. The van der Waals surface area contributed by atoms with Gasteiger partial charge in [0, 0.05) is 0 Å². The van der Waals surface area contributed by atoms with Crippen molar-refractivity contribution in [2.45, 2.75) is 26.4 Å². The first-order chi connectivity index (χ1) is 4.61. The molecule has 0 aliphatic heterocycles. The van der Waals surface area contributed by atoms with E-state index in [1.165, 1.54) is 0 Å².